The number of hydrogen-bond donors (Lipinski definition) is 1. The molecule has 1 saturated heterocycles. The molecule has 0 aromatic carbocycles. The van der Waals surface area contributed by atoms with Crippen molar-refractivity contribution in [1.82, 2.24) is 9.97 Å². The average Bonchev–Trinajstić information content (AvgIpc) is 2.31. The lowest BCUT2D eigenvalue weighted by molar-refractivity contribution is 0.326. The van der Waals surface area contributed by atoms with E-state index < -0.39 is 0 Å². The molecule has 1 N–H and O–H groups in total. The Morgan fingerprint density at radius 1 is 1.50 bits per heavy atom. The van der Waals surface area contributed by atoms with E-state index in [1.807, 2.05) is 18.7 Å². The normalized spacial score (nSPS) is 17.1. The maximum atomic E-state index is 5.34. The van der Waals surface area contributed by atoms with Gasteiger partial charge in [-0.15, -0.1) is 0 Å². The Hall–Kier alpha value is -0.970. The van der Waals surface area contributed by atoms with Crippen LogP contribution < -0.4 is 10.1 Å². The molecular weight excluding hydrogens is 222 g/mol. The molecule has 0 unspecified atom stereocenters. The highest BCUT2D eigenvalue weighted by atomic mass is 32.2. The lowest BCUT2D eigenvalue weighted by Crippen LogP contribution is -2.25. The van der Waals surface area contributed by atoms with Crippen LogP contribution in [-0.2, 0) is 0 Å². The van der Waals surface area contributed by atoms with Crippen LogP contribution >= 0.6 is 11.8 Å². The zero-order valence-corrected chi connectivity index (χ0v) is 10.3. The Balaban J connectivity index is 1.94. The second-order valence-electron chi connectivity index (χ2n) is 3.68. The van der Waals surface area contributed by atoms with Crippen molar-refractivity contribution in [3.63, 3.8) is 0 Å². The van der Waals surface area contributed by atoms with Gasteiger partial charge < -0.3 is 10.1 Å². The monoisotopic (exact) mass is 239 g/mol. The maximum absolute atomic E-state index is 5.34. The molecule has 2 heterocycles. The molecule has 5 heteroatoms. The highest BCUT2D eigenvalue weighted by Crippen LogP contribution is 2.20. The summed E-state index contributed by atoms with van der Waals surface area (Å²) in [5.41, 5.74) is 0. The van der Waals surface area contributed by atoms with Crippen molar-refractivity contribution in [1.29, 1.82) is 0 Å². The largest absolute Gasteiger partial charge is 0.478 e. The molecule has 1 aromatic rings. The van der Waals surface area contributed by atoms with Gasteiger partial charge in [0.1, 0.15) is 0 Å². The van der Waals surface area contributed by atoms with Crippen molar-refractivity contribution in [3.05, 3.63) is 12.3 Å². The van der Waals surface area contributed by atoms with E-state index in [-0.39, 0.29) is 0 Å². The van der Waals surface area contributed by atoms with Gasteiger partial charge >= 0.3 is 0 Å². The van der Waals surface area contributed by atoms with Crippen LogP contribution in [0, 0.1) is 0 Å². The first-order valence-corrected chi connectivity index (χ1v) is 6.84. The minimum atomic E-state index is 0.512. The molecule has 1 aliphatic heterocycles. The molecule has 0 amide bonds. The van der Waals surface area contributed by atoms with Gasteiger partial charge in [-0.1, -0.05) is 0 Å². The number of thioether (sulfide) groups is 1. The predicted octanol–water partition coefficient (Wildman–Crippen LogP) is 2.18. The van der Waals surface area contributed by atoms with E-state index in [1.165, 1.54) is 24.3 Å². The van der Waals surface area contributed by atoms with Crippen molar-refractivity contribution < 1.29 is 4.74 Å². The minimum absolute atomic E-state index is 0.512. The molecule has 0 radical (unpaired) electrons. The molecular formula is C11H17N3OS. The SMILES string of the molecule is CCOc1ccnc(NC2CCSCC2)n1. The summed E-state index contributed by atoms with van der Waals surface area (Å²) in [7, 11) is 0. The Kier molecular flexibility index (Phi) is 4.27. The summed E-state index contributed by atoms with van der Waals surface area (Å²) >= 11 is 2.01. The summed E-state index contributed by atoms with van der Waals surface area (Å²) in [5, 5.41) is 3.36. The lowest BCUT2D eigenvalue weighted by atomic mass is 10.2. The summed E-state index contributed by atoms with van der Waals surface area (Å²) in [6.07, 6.45) is 4.11. The molecule has 0 atom stereocenters. The summed E-state index contributed by atoms with van der Waals surface area (Å²) < 4.78 is 5.34. The first-order valence-electron chi connectivity index (χ1n) is 5.68. The van der Waals surface area contributed by atoms with Gasteiger partial charge in [-0.2, -0.15) is 16.7 Å². The third-order valence-corrected chi connectivity index (χ3v) is 3.53. The van der Waals surface area contributed by atoms with Crippen molar-refractivity contribution >= 4 is 17.7 Å². The Morgan fingerprint density at radius 3 is 3.06 bits per heavy atom. The Labute approximate surface area is 100 Å². The van der Waals surface area contributed by atoms with Crippen molar-refractivity contribution in [2.45, 2.75) is 25.8 Å². The van der Waals surface area contributed by atoms with E-state index in [0.29, 0.717) is 24.5 Å². The number of nitrogens with zero attached hydrogens (tertiary/aromatic N) is 2. The number of aromatic nitrogens is 2. The fraction of sp³-hybridized carbons (Fsp3) is 0.636. The zero-order chi connectivity index (χ0) is 11.2. The molecule has 0 spiro atoms. The molecule has 88 valence electrons. The molecule has 2 rings (SSSR count). The number of ether oxygens (including phenoxy) is 1. The highest BCUT2D eigenvalue weighted by Gasteiger charge is 2.14. The first kappa shape index (κ1) is 11.5. The molecule has 1 aliphatic rings. The van der Waals surface area contributed by atoms with Crippen LogP contribution in [0.4, 0.5) is 5.95 Å². The predicted molar refractivity (Wildman–Crippen MR) is 67.2 cm³/mol. The van der Waals surface area contributed by atoms with Crippen molar-refractivity contribution in [2.24, 2.45) is 0 Å². The van der Waals surface area contributed by atoms with Gasteiger partial charge in [-0.25, -0.2) is 4.98 Å². The summed E-state index contributed by atoms with van der Waals surface area (Å²) in [4.78, 5) is 8.51. The van der Waals surface area contributed by atoms with Gasteiger partial charge in [0.25, 0.3) is 0 Å². The highest BCUT2D eigenvalue weighted by molar-refractivity contribution is 7.99. The van der Waals surface area contributed by atoms with Crippen LogP contribution in [0.2, 0.25) is 0 Å². The maximum Gasteiger partial charge on any atom is 0.226 e. The molecule has 0 bridgehead atoms. The van der Waals surface area contributed by atoms with E-state index in [0.717, 1.165) is 0 Å². The van der Waals surface area contributed by atoms with Crippen LogP contribution in [0.15, 0.2) is 12.3 Å². The second kappa shape index (κ2) is 5.94. The second-order valence-corrected chi connectivity index (χ2v) is 4.91. The first-order chi connectivity index (χ1) is 7.88. The zero-order valence-electron chi connectivity index (χ0n) is 9.48. The summed E-state index contributed by atoms with van der Waals surface area (Å²) in [5.74, 6) is 3.78. The third kappa shape index (κ3) is 3.27. The summed E-state index contributed by atoms with van der Waals surface area (Å²) in [6.45, 7) is 2.59. The van der Waals surface area contributed by atoms with E-state index in [9.17, 15) is 0 Å². The number of nitrogens with one attached hydrogen (secondary N) is 1. The molecule has 1 aromatic heterocycles. The third-order valence-electron chi connectivity index (χ3n) is 2.48. The van der Waals surface area contributed by atoms with Crippen LogP contribution in [0.5, 0.6) is 5.88 Å². The van der Waals surface area contributed by atoms with E-state index in [2.05, 4.69) is 15.3 Å². The van der Waals surface area contributed by atoms with Gasteiger partial charge in [0.2, 0.25) is 11.8 Å². The number of anilines is 1. The van der Waals surface area contributed by atoms with Crippen LogP contribution in [-0.4, -0.2) is 34.1 Å². The Bertz CT molecular complexity index is 329. The molecule has 16 heavy (non-hydrogen) atoms. The quantitative estimate of drug-likeness (QED) is 0.872. The average molecular weight is 239 g/mol. The minimum Gasteiger partial charge on any atom is -0.478 e. The van der Waals surface area contributed by atoms with Crippen LogP contribution in [0.1, 0.15) is 19.8 Å². The van der Waals surface area contributed by atoms with Crippen LogP contribution in [0.3, 0.4) is 0 Å². The standard InChI is InChI=1S/C11H17N3OS/c1-2-15-10-3-6-12-11(14-10)13-9-4-7-16-8-5-9/h3,6,9H,2,4-5,7-8H2,1H3,(H,12,13,14). The van der Waals surface area contributed by atoms with Gasteiger partial charge in [-0.3, -0.25) is 0 Å². The molecule has 4 nitrogen and oxygen atoms in total. The number of hydrogen-bond acceptors (Lipinski definition) is 5. The number of rotatable bonds is 4. The summed E-state index contributed by atoms with van der Waals surface area (Å²) in [6, 6.07) is 2.30. The smallest absolute Gasteiger partial charge is 0.226 e. The topological polar surface area (TPSA) is 47.0 Å². The molecule has 0 aliphatic carbocycles. The van der Waals surface area contributed by atoms with Gasteiger partial charge in [0.05, 0.1) is 6.61 Å². The van der Waals surface area contributed by atoms with E-state index in [1.54, 1.807) is 12.3 Å². The lowest BCUT2D eigenvalue weighted by Gasteiger charge is -2.22. The Morgan fingerprint density at radius 2 is 2.31 bits per heavy atom. The molecule has 1 fully saturated rings. The van der Waals surface area contributed by atoms with Crippen molar-refractivity contribution in [2.75, 3.05) is 23.4 Å². The molecule has 0 saturated carbocycles. The van der Waals surface area contributed by atoms with E-state index >= 15 is 0 Å². The van der Waals surface area contributed by atoms with Gasteiger partial charge in [0.15, 0.2) is 0 Å². The fourth-order valence-electron chi connectivity index (χ4n) is 1.66. The fourth-order valence-corrected chi connectivity index (χ4v) is 2.77. The van der Waals surface area contributed by atoms with Gasteiger partial charge in [0, 0.05) is 18.3 Å². The van der Waals surface area contributed by atoms with E-state index in [4.69, 9.17) is 4.74 Å². The van der Waals surface area contributed by atoms with Crippen molar-refractivity contribution in [3.8, 4) is 5.88 Å². The van der Waals surface area contributed by atoms with Gasteiger partial charge in [-0.05, 0) is 31.3 Å². The van der Waals surface area contributed by atoms with Crippen LogP contribution in [0.25, 0.3) is 0 Å².